The molecular weight excluding hydrogens is 290 g/mol. The summed E-state index contributed by atoms with van der Waals surface area (Å²) in [6, 6.07) is 3.69. The highest BCUT2D eigenvalue weighted by atomic mass is 35.5. The van der Waals surface area contributed by atoms with E-state index in [0.717, 1.165) is 37.8 Å². The number of piperidine rings is 1. The number of hydrogen-bond donors (Lipinski definition) is 1. The van der Waals surface area contributed by atoms with Crippen molar-refractivity contribution in [3.8, 4) is 0 Å². The van der Waals surface area contributed by atoms with Gasteiger partial charge >= 0.3 is 5.97 Å². The third-order valence-corrected chi connectivity index (χ3v) is 3.83. The molecule has 2 heterocycles. The third kappa shape index (κ3) is 5.26. The molecule has 1 aromatic rings. The summed E-state index contributed by atoms with van der Waals surface area (Å²) in [7, 11) is 3.39. The number of aromatic nitrogens is 1. The topological polar surface area (TPSA) is 54.5 Å². The van der Waals surface area contributed by atoms with Crippen LogP contribution in [0.5, 0.6) is 0 Å². The first-order valence-electron chi connectivity index (χ1n) is 7.13. The lowest BCUT2D eigenvalue weighted by Gasteiger charge is -2.31. The van der Waals surface area contributed by atoms with Crippen LogP contribution in [0.1, 0.15) is 28.9 Å². The van der Waals surface area contributed by atoms with E-state index in [1.54, 1.807) is 12.3 Å². The van der Waals surface area contributed by atoms with Crippen molar-refractivity contribution in [3.05, 3.63) is 29.6 Å². The minimum absolute atomic E-state index is 0. The summed E-state index contributed by atoms with van der Waals surface area (Å²) in [5.41, 5.74) is 1.51. The van der Waals surface area contributed by atoms with Crippen molar-refractivity contribution in [3.63, 3.8) is 0 Å². The number of likely N-dealkylation sites (tertiary alicyclic amines) is 1. The van der Waals surface area contributed by atoms with Crippen LogP contribution in [-0.2, 0) is 11.3 Å². The first-order chi connectivity index (χ1) is 9.72. The molecule has 0 saturated carbocycles. The van der Waals surface area contributed by atoms with Gasteiger partial charge in [0.05, 0.1) is 18.4 Å². The fourth-order valence-corrected chi connectivity index (χ4v) is 2.62. The highest BCUT2D eigenvalue weighted by Crippen LogP contribution is 2.17. The van der Waals surface area contributed by atoms with Crippen molar-refractivity contribution < 1.29 is 9.53 Å². The van der Waals surface area contributed by atoms with Crippen molar-refractivity contribution in [2.24, 2.45) is 5.92 Å². The summed E-state index contributed by atoms with van der Waals surface area (Å²) < 4.78 is 4.67. The fourth-order valence-electron chi connectivity index (χ4n) is 2.62. The molecule has 0 bridgehead atoms. The SMILES string of the molecule is CNCC1CCN(Cc2ccc(C(=O)OC)cn2)CC1.Cl. The van der Waals surface area contributed by atoms with Crippen molar-refractivity contribution in [1.29, 1.82) is 0 Å². The van der Waals surface area contributed by atoms with Gasteiger partial charge in [-0.2, -0.15) is 0 Å². The molecule has 1 aromatic heterocycles. The molecule has 0 spiro atoms. The van der Waals surface area contributed by atoms with Gasteiger partial charge in [0, 0.05) is 12.7 Å². The number of nitrogens with zero attached hydrogens (tertiary/aromatic N) is 2. The average Bonchev–Trinajstić information content (AvgIpc) is 2.49. The number of pyridine rings is 1. The molecule has 6 heteroatoms. The smallest absolute Gasteiger partial charge is 0.339 e. The maximum atomic E-state index is 11.3. The molecule has 1 aliphatic rings. The zero-order chi connectivity index (χ0) is 14.4. The number of esters is 1. The molecular formula is C15H24ClN3O2. The minimum Gasteiger partial charge on any atom is -0.465 e. The lowest BCUT2D eigenvalue weighted by molar-refractivity contribution is 0.0600. The normalized spacial score (nSPS) is 16.3. The summed E-state index contributed by atoms with van der Waals surface area (Å²) >= 11 is 0. The van der Waals surface area contributed by atoms with Crippen LogP contribution in [0.15, 0.2) is 18.3 Å². The molecule has 1 fully saturated rings. The zero-order valence-electron chi connectivity index (χ0n) is 12.7. The lowest BCUT2D eigenvalue weighted by Crippen LogP contribution is -2.36. The standard InChI is InChI=1S/C15H23N3O2.ClH/c1-16-9-12-5-7-18(8-6-12)11-14-4-3-13(10-17-14)15(19)20-2;/h3-4,10,12,16H,5-9,11H2,1-2H3;1H. The van der Waals surface area contributed by atoms with Gasteiger partial charge in [-0.25, -0.2) is 4.79 Å². The van der Waals surface area contributed by atoms with E-state index in [9.17, 15) is 4.79 Å². The molecule has 2 rings (SSSR count). The Kier molecular flexibility index (Phi) is 7.64. The van der Waals surface area contributed by atoms with Crippen molar-refractivity contribution >= 4 is 18.4 Å². The Morgan fingerprint density at radius 2 is 2.14 bits per heavy atom. The van der Waals surface area contributed by atoms with Gasteiger partial charge in [-0.05, 0) is 57.6 Å². The van der Waals surface area contributed by atoms with E-state index in [2.05, 4.69) is 19.9 Å². The van der Waals surface area contributed by atoms with E-state index in [4.69, 9.17) is 0 Å². The van der Waals surface area contributed by atoms with Crippen LogP contribution >= 0.6 is 12.4 Å². The van der Waals surface area contributed by atoms with Crippen molar-refractivity contribution in [2.75, 3.05) is 33.8 Å². The van der Waals surface area contributed by atoms with Gasteiger partial charge in [0.15, 0.2) is 0 Å². The quantitative estimate of drug-likeness (QED) is 0.839. The molecule has 0 aliphatic carbocycles. The third-order valence-electron chi connectivity index (χ3n) is 3.83. The van der Waals surface area contributed by atoms with Gasteiger partial charge in [0.2, 0.25) is 0 Å². The van der Waals surface area contributed by atoms with Crippen molar-refractivity contribution in [1.82, 2.24) is 15.2 Å². The van der Waals surface area contributed by atoms with Crippen LogP contribution < -0.4 is 5.32 Å². The molecule has 0 aromatic carbocycles. The van der Waals surface area contributed by atoms with Crippen LogP contribution in [0.4, 0.5) is 0 Å². The number of carbonyl (C=O) groups is 1. The van der Waals surface area contributed by atoms with Crippen LogP contribution in [0.3, 0.4) is 0 Å². The first kappa shape index (κ1) is 17.9. The van der Waals surface area contributed by atoms with Crippen molar-refractivity contribution in [2.45, 2.75) is 19.4 Å². The molecule has 1 saturated heterocycles. The Morgan fingerprint density at radius 1 is 1.43 bits per heavy atom. The molecule has 0 amide bonds. The van der Waals surface area contributed by atoms with E-state index >= 15 is 0 Å². The Balaban J connectivity index is 0.00000220. The first-order valence-corrected chi connectivity index (χ1v) is 7.13. The van der Waals surface area contributed by atoms with E-state index in [-0.39, 0.29) is 18.4 Å². The van der Waals surface area contributed by atoms with Gasteiger partial charge in [0.25, 0.3) is 0 Å². The number of carbonyl (C=O) groups excluding carboxylic acids is 1. The summed E-state index contributed by atoms with van der Waals surface area (Å²) in [5.74, 6) is 0.461. The van der Waals surface area contributed by atoms with Gasteiger partial charge < -0.3 is 10.1 Å². The van der Waals surface area contributed by atoms with Gasteiger partial charge in [0.1, 0.15) is 0 Å². The van der Waals surface area contributed by atoms with Crippen LogP contribution in [0.25, 0.3) is 0 Å². The van der Waals surface area contributed by atoms with Gasteiger partial charge in [-0.15, -0.1) is 12.4 Å². The maximum absolute atomic E-state index is 11.3. The molecule has 21 heavy (non-hydrogen) atoms. The number of methoxy groups -OCH3 is 1. The fraction of sp³-hybridized carbons (Fsp3) is 0.600. The molecule has 5 nitrogen and oxygen atoms in total. The number of rotatable bonds is 5. The largest absolute Gasteiger partial charge is 0.465 e. The van der Waals surface area contributed by atoms with E-state index in [1.807, 2.05) is 13.1 Å². The van der Waals surface area contributed by atoms with Gasteiger partial charge in [-0.1, -0.05) is 0 Å². The predicted molar refractivity (Wildman–Crippen MR) is 84.8 cm³/mol. The number of nitrogens with one attached hydrogen (secondary N) is 1. The molecule has 118 valence electrons. The van der Waals surface area contributed by atoms with Crippen LogP contribution in [0.2, 0.25) is 0 Å². The Hall–Kier alpha value is -1.17. The summed E-state index contributed by atoms with van der Waals surface area (Å²) in [6.45, 7) is 4.20. The highest BCUT2D eigenvalue weighted by Gasteiger charge is 2.18. The maximum Gasteiger partial charge on any atom is 0.339 e. The predicted octanol–water partition coefficient (Wildman–Crippen LogP) is 1.72. The Morgan fingerprint density at radius 3 is 2.67 bits per heavy atom. The van der Waals surface area contributed by atoms with E-state index < -0.39 is 0 Å². The van der Waals surface area contributed by atoms with Crippen LogP contribution in [-0.4, -0.2) is 49.6 Å². The van der Waals surface area contributed by atoms with E-state index in [0.29, 0.717) is 5.56 Å². The monoisotopic (exact) mass is 313 g/mol. The van der Waals surface area contributed by atoms with Gasteiger partial charge in [-0.3, -0.25) is 9.88 Å². The minimum atomic E-state index is -0.336. The van der Waals surface area contributed by atoms with Crippen LogP contribution in [0, 0.1) is 5.92 Å². The number of hydrogen-bond acceptors (Lipinski definition) is 5. The molecule has 1 N–H and O–H groups in total. The Labute approximate surface area is 132 Å². The lowest BCUT2D eigenvalue weighted by atomic mass is 9.97. The summed E-state index contributed by atoms with van der Waals surface area (Å²) in [6.07, 6.45) is 4.07. The summed E-state index contributed by atoms with van der Waals surface area (Å²) in [5, 5.41) is 3.25. The number of halogens is 1. The summed E-state index contributed by atoms with van der Waals surface area (Å²) in [4.78, 5) is 18.1. The number of ether oxygens (including phenoxy) is 1. The second-order valence-electron chi connectivity index (χ2n) is 5.31. The van der Waals surface area contributed by atoms with E-state index in [1.165, 1.54) is 20.0 Å². The second-order valence-corrected chi connectivity index (χ2v) is 5.31. The molecule has 0 atom stereocenters. The zero-order valence-corrected chi connectivity index (χ0v) is 13.5. The highest BCUT2D eigenvalue weighted by molar-refractivity contribution is 5.88. The average molecular weight is 314 g/mol. The second kappa shape index (κ2) is 8.97. The Bertz CT molecular complexity index is 431. The molecule has 1 aliphatic heterocycles. The molecule has 0 radical (unpaired) electrons. The molecule has 0 unspecified atom stereocenters.